The predicted octanol–water partition coefficient (Wildman–Crippen LogP) is 4.35. The third kappa shape index (κ3) is 4.14. The lowest BCUT2D eigenvalue weighted by molar-refractivity contribution is -0.116. The highest BCUT2D eigenvalue weighted by Gasteiger charge is 2.22. The number of nitrogens with one attached hydrogen (secondary N) is 1. The van der Waals surface area contributed by atoms with Crippen LogP contribution in [-0.2, 0) is 4.79 Å². The van der Waals surface area contributed by atoms with E-state index >= 15 is 0 Å². The smallest absolute Gasteiger partial charge is 0.266 e. The standard InChI is InChI=1S/C21H23N3O3S/c1-12-7-6-8-13(2)18(12)23-17(25)11-24(5)21(26)19-15(4)22-20(28-19)16-10-9-14(3)27-16/h6-10H,11H2,1-5H3,(H,23,25). The Labute approximate surface area is 168 Å². The van der Waals surface area contributed by atoms with E-state index in [-0.39, 0.29) is 18.4 Å². The van der Waals surface area contributed by atoms with Crippen molar-refractivity contribution in [3.05, 3.63) is 57.8 Å². The van der Waals surface area contributed by atoms with Crippen molar-refractivity contribution in [2.24, 2.45) is 0 Å². The first-order valence-electron chi connectivity index (χ1n) is 8.92. The molecule has 0 bridgehead atoms. The van der Waals surface area contributed by atoms with Gasteiger partial charge in [0.2, 0.25) is 5.91 Å². The predicted molar refractivity (Wildman–Crippen MR) is 111 cm³/mol. The summed E-state index contributed by atoms with van der Waals surface area (Å²) in [4.78, 5) is 31.6. The number of para-hydroxylation sites is 1. The Hall–Kier alpha value is -2.93. The van der Waals surface area contributed by atoms with Crippen molar-refractivity contribution in [3.8, 4) is 10.8 Å². The highest BCUT2D eigenvalue weighted by molar-refractivity contribution is 7.17. The first-order valence-corrected chi connectivity index (χ1v) is 9.73. The number of thiazole rings is 1. The Kier molecular flexibility index (Phi) is 5.65. The molecule has 1 N–H and O–H groups in total. The summed E-state index contributed by atoms with van der Waals surface area (Å²) in [5, 5.41) is 3.56. The van der Waals surface area contributed by atoms with E-state index in [2.05, 4.69) is 10.3 Å². The Balaban J connectivity index is 1.71. The minimum atomic E-state index is -0.239. The van der Waals surface area contributed by atoms with E-state index in [0.29, 0.717) is 21.3 Å². The number of amides is 2. The molecule has 3 rings (SSSR count). The Morgan fingerprint density at radius 3 is 2.39 bits per heavy atom. The van der Waals surface area contributed by atoms with Crippen molar-refractivity contribution < 1.29 is 14.0 Å². The second-order valence-corrected chi connectivity index (χ2v) is 7.82. The van der Waals surface area contributed by atoms with E-state index in [1.54, 1.807) is 14.0 Å². The van der Waals surface area contributed by atoms with Crippen LogP contribution in [0.5, 0.6) is 0 Å². The molecule has 0 atom stereocenters. The van der Waals surface area contributed by atoms with E-state index in [1.165, 1.54) is 16.2 Å². The van der Waals surface area contributed by atoms with Gasteiger partial charge in [-0.25, -0.2) is 4.98 Å². The monoisotopic (exact) mass is 397 g/mol. The summed E-state index contributed by atoms with van der Waals surface area (Å²) in [6, 6.07) is 9.52. The van der Waals surface area contributed by atoms with Gasteiger partial charge in [-0.3, -0.25) is 9.59 Å². The molecule has 28 heavy (non-hydrogen) atoms. The maximum atomic E-state index is 12.8. The molecule has 0 aliphatic carbocycles. The number of nitrogens with zero attached hydrogens (tertiary/aromatic N) is 2. The van der Waals surface area contributed by atoms with Crippen molar-refractivity contribution in [2.45, 2.75) is 27.7 Å². The molecule has 0 saturated carbocycles. The molecule has 2 amide bonds. The third-order valence-corrected chi connectivity index (χ3v) is 5.57. The van der Waals surface area contributed by atoms with Crippen LogP contribution in [0.3, 0.4) is 0 Å². The molecule has 7 heteroatoms. The van der Waals surface area contributed by atoms with Crippen LogP contribution in [0.15, 0.2) is 34.7 Å². The number of aryl methyl sites for hydroxylation is 4. The quantitative estimate of drug-likeness (QED) is 0.695. The van der Waals surface area contributed by atoms with Crippen LogP contribution in [0.25, 0.3) is 10.8 Å². The number of carbonyl (C=O) groups excluding carboxylic acids is 2. The lowest BCUT2D eigenvalue weighted by Gasteiger charge is -2.17. The fourth-order valence-electron chi connectivity index (χ4n) is 2.90. The van der Waals surface area contributed by atoms with Crippen molar-refractivity contribution in [1.82, 2.24) is 9.88 Å². The molecular formula is C21H23N3O3S. The van der Waals surface area contributed by atoms with Gasteiger partial charge in [-0.05, 0) is 51.0 Å². The van der Waals surface area contributed by atoms with E-state index in [4.69, 9.17) is 4.42 Å². The zero-order chi connectivity index (χ0) is 20.4. The van der Waals surface area contributed by atoms with Gasteiger partial charge in [0.25, 0.3) is 5.91 Å². The van der Waals surface area contributed by atoms with E-state index in [9.17, 15) is 9.59 Å². The molecule has 2 aromatic heterocycles. The summed E-state index contributed by atoms with van der Waals surface area (Å²) in [6.07, 6.45) is 0. The van der Waals surface area contributed by atoms with Gasteiger partial charge in [-0.2, -0.15) is 0 Å². The molecule has 146 valence electrons. The zero-order valence-corrected chi connectivity index (χ0v) is 17.4. The summed E-state index contributed by atoms with van der Waals surface area (Å²) in [5.74, 6) is 0.953. The number of aromatic nitrogens is 1. The number of benzene rings is 1. The van der Waals surface area contributed by atoms with Crippen LogP contribution in [0.2, 0.25) is 0 Å². The molecule has 0 fully saturated rings. The van der Waals surface area contributed by atoms with E-state index in [0.717, 1.165) is 22.6 Å². The molecule has 6 nitrogen and oxygen atoms in total. The van der Waals surface area contributed by atoms with Gasteiger partial charge in [-0.1, -0.05) is 18.2 Å². The largest absolute Gasteiger partial charge is 0.459 e. The number of carbonyl (C=O) groups is 2. The minimum Gasteiger partial charge on any atom is -0.459 e. The molecule has 0 aliphatic heterocycles. The Bertz CT molecular complexity index is 1020. The molecule has 0 saturated heterocycles. The van der Waals surface area contributed by atoms with Crippen LogP contribution in [0, 0.1) is 27.7 Å². The summed E-state index contributed by atoms with van der Waals surface area (Å²) in [6.45, 7) is 7.48. The van der Waals surface area contributed by atoms with Gasteiger partial charge in [0.15, 0.2) is 10.8 Å². The number of rotatable bonds is 5. The van der Waals surface area contributed by atoms with Crippen LogP contribution in [0.1, 0.15) is 32.3 Å². The number of hydrogen-bond acceptors (Lipinski definition) is 5. The molecule has 0 unspecified atom stereocenters. The lowest BCUT2D eigenvalue weighted by atomic mass is 10.1. The number of likely N-dealkylation sites (N-methyl/N-ethyl adjacent to an activating group) is 1. The molecule has 2 heterocycles. The average molecular weight is 398 g/mol. The van der Waals surface area contributed by atoms with Crippen LogP contribution in [0.4, 0.5) is 5.69 Å². The summed E-state index contributed by atoms with van der Waals surface area (Å²) < 4.78 is 5.59. The second-order valence-electron chi connectivity index (χ2n) is 6.82. The van der Waals surface area contributed by atoms with Crippen LogP contribution < -0.4 is 5.32 Å². The summed E-state index contributed by atoms with van der Waals surface area (Å²) >= 11 is 1.27. The lowest BCUT2D eigenvalue weighted by Crippen LogP contribution is -2.35. The SMILES string of the molecule is Cc1ccc(-c2nc(C)c(C(=O)N(C)CC(=O)Nc3c(C)cccc3C)s2)o1. The fraction of sp³-hybridized carbons (Fsp3) is 0.286. The number of anilines is 1. The van der Waals surface area contributed by atoms with Gasteiger partial charge >= 0.3 is 0 Å². The topological polar surface area (TPSA) is 75.4 Å². The van der Waals surface area contributed by atoms with Gasteiger partial charge in [0, 0.05) is 12.7 Å². The van der Waals surface area contributed by atoms with Gasteiger partial charge in [-0.15, -0.1) is 11.3 Å². The van der Waals surface area contributed by atoms with Crippen molar-refractivity contribution >= 4 is 28.8 Å². The maximum Gasteiger partial charge on any atom is 0.266 e. The van der Waals surface area contributed by atoms with Gasteiger partial charge in [0.05, 0.1) is 12.2 Å². The highest BCUT2D eigenvalue weighted by atomic mass is 32.1. The second kappa shape index (κ2) is 7.98. The molecule has 1 aromatic carbocycles. The first kappa shape index (κ1) is 19.8. The van der Waals surface area contributed by atoms with Crippen molar-refractivity contribution in [2.75, 3.05) is 18.9 Å². The normalized spacial score (nSPS) is 10.8. The zero-order valence-electron chi connectivity index (χ0n) is 16.6. The van der Waals surface area contributed by atoms with Gasteiger partial charge in [0.1, 0.15) is 10.6 Å². The molecule has 3 aromatic rings. The fourth-order valence-corrected chi connectivity index (χ4v) is 3.92. The maximum absolute atomic E-state index is 12.8. The number of furan rings is 1. The van der Waals surface area contributed by atoms with E-state index in [1.807, 2.05) is 51.1 Å². The summed E-state index contributed by atoms with van der Waals surface area (Å²) in [5.41, 5.74) is 3.39. The van der Waals surface area contributed by atoms with Crippen molar-refractivity contribution in [1.29, 1.82) is 0 Å². The Morgan fingerprint density at radius 1 is 1.11 bits per heavy atom. The molecule has 0 radical (unpaired) electrons. The Morgan fingerprint density at radius 2 is 1.79 bits per heavy atom. The average Bonchev–Trinajstić information content (AvgIpc) is 3.23. The van der Waals surface area contributed by atoms with E-state index < -0.39 is 0 Å². The highest BCUT2D eigenvalue weighted by Crippen LogP contribution is 2.30. The molecule has 0 aliphatic rings. The van der Waals surface area contributed by atoms with Crippen molar-refractivity contribution in [3.63, 3.8) is 0 Å². The van der Waals surface area contributed by atoms with Crippen LogP contribution in [-0.4, -0.2) is 35.3 Å². The van der Waals surface area contributed by atoms with Gasteiger partial charge < -0.3 is 14.6 Å². The first-order chi connectivity index (χ1) is 13.3. The van der Waals surface area contributed by atoms with Crippen LogP contribution >= 0.6 is 11.3 Å². The minimum absolute atomic E-state index is 0.0425. The molecular weight excluding hydrogens is 374 g/mol. The molecule has 0 spiro atoms. The number of hydrogen-bond donors (Lipinski definition) is 1. The third-order valence-electron chi connectivity index (χ3n) is 4.42. The summed E-state index contributed by atoms with van der Waals surface area (Å²) in [7, 11) is 1.61.